The SMILES string of the molecule is NC(=O)C1CC2NC(=O)OC2C1. The van der Waals surface area contributed by atoms with Crippen LogP contribution in [0.2, 0.25) is 0 Å². The van der Waals surface area contributed by atoms with Gasteiger partial charge in [-0.25, -0.2) is 4.79 Å². The molecule has 0 aromatic rings. The highest BCUT2D eigenvalue weighted by atomic mass is 16.6. The fourth-order valence-corrected chi connectivity index (χ4v) is 1.84. The van der Waals surface area contributed by atoms with E-state index in [1.165, 1.54) is 0 Å². The molecule has 5 nitrogen and oxygen atoms in total. The van der Waals surface area contributed by atoms with Crippen LogP contribution >= 0.6 is 0 Å². The first-order valence-corrected chi connectivity index (χ1v) is 3.93. The molecule has 2 aliphatic rings. The number of primary amides is 1. The van der Waals surface area contributed by atoms with E-state index < -0.39 is 0 Å². The zero-order valence-electron chi connectivity index (χ0n) is 6.45. The van der Waals surface area contributed by atoms with Gasteiger partial charge in [-0.05, 0) is 12.8 Å². The fourth-order valence-electron chi connectivity index (χ4n) is 1.84. The molecule has 5 heteroatoms. The number of nitrogens with two attached hydrogens (primary N) is 1. The second-order valence-electron chi connectivity index (χ2n) is 3.27. The van der Waals surface area contributed by atoms with Crippen LogP contribution < -0.4 is 11.1 Å². The maximum absolute atomic E-state index is 10.8. The molecule has 0 radical (unpaired) electrons. The van der Waals surface area contributed by atoms with Gasteiger partial charge < -0.3 is 15.8 Å². The molecule has 1 heterocycles. The quantitative estimate of drug-likeness (QED) is 0.549. The molecule has 0 bridgehead atoms. The van der Waals surface area contributed by atoms with Crippen molar-refractivity contribution in [3.63, 3.8) is 0 Å². The summed E-state index contributed by atoms with van der Waals surface area (Å²) in [5.74, 6) is -0.442. The van der Waals surface area contributed by atoms with Crippen LogP contribution in [0, 0.1) is 5.92 Å². The first-order valence-electron chi connectivity index (χ1n) is 3.93. The van der Waals surface area contributed by atoms with Crippen molar-refractivity contribution in [2.75, 3.05) is 0 Å². The molecule has 0 spiro atoms. The Morgan fingerprint density at radius 1 is 1.58 bits per heavy atom. The lowest BCUT2D eigenvalue weighted by molar-refractivity contribution is -0.121. The van der Waals surface area contributed by atoms with Gasteiger partial charge in [0.05, 0.1) is 6.04 Å². The van der Waals surface area contributed by atoms with Crippen LogP contribution in [0.25, 0.3) is 0 Å². The molecule has 1 aliphatic carbocycles. The van der Waals surface area contributed by atoms with E-state index in [1.54, 1.807) is 0 Å². The lowest BCUT2D eigenvalue weighted by atomic mass is 10.1. The number of carbonyl (C=O) groups is 2. The van der Waals surface area contributed by atoms with Gasteiger partial charge in [-0.1, -0.05) is 0 Å². The number of hydrogen-bond donors (Lipinski definition) is 2. The van der Waals surface area contributed by atoms with Crippen molar-refractivity contribution in [2.24, 2.45) is 11.7 Å². The van der Waals surface area contributed by atoms with Gasteiger partial charge in [-0.3, -0.25) is 4.79 Å². The molecule has 2 fully saturated rings. The first kappa shape index (κ1) is 7.39. The Morgan fingerprint density at radius 3 is 2.92 bits per heavy atom. The smallest absolute Gasteiger partial charge is 0.407 e. The minimum Gasteiger partial charge on any atom is -0.444 e. The average Bonchev–Trinajstić information content (AvgIpc) is 2.42. The summed E-state index contributed by atoms with van der Waals surface area (Å²) in [5, 5.41) is 2.63. The van der Waals surface area contributed by atoms with Crippen molar-refractivity contribution in [1.29, 1.82) is 0 Å². The van der Waals surface area contributed by atoms with Crippen molar-refractivity contribution in [2.45, 2.75) is 25.0 Å². The van der Waals surface area contributed by atoms with Crippen LogP contribution in [0.1, 0.15) is 12.8 Å². The molecular weight excluding hydrogens is 160 g/mol. The minimum atomic E-state index is -0.382. The molecule has 0 aromatic heterocycles. The Hall–Kier alpha value is -1.26. The summed E-state index contributed by atoms with van der Waals surface area (Å²) in [4.78, 5) is 21.5. The molecule has 1 saturated carbocycles. The number of nitrogens with one attached hydrogen (secondary N) is 1. The molecule has 0 aromatic carbocycles. The van der Waals surface area contributed by atoms with Crippen LogP contribution in [-0.2, 0) is 9.53 Å². The number of ether oxygens (including phenoxy) is 1. The third kappa shape index (κ3) is 1.01. The number of hydrogen-bond acceptors (Lipinski definition) is 3. The zero-order valence-corrected chi connectivity index (χ0v) is 6.45. The van der Waals surface area contributed by atoms with Crippen molar-refractivity contribution in [3.05, 3.63) is 0 Å². The van der Waals surface area contributed by atoms with Gasteiger partial charge in [-0.2, -0.15) is 0 Å². The van der Waals surface area contributed by atoms with E-state index >= 15 is 0 Å². The monoisotopic (exact) mass is 170 g/mol. The lowest BCUT2D eigenvalue weighted by Crippen LogP contribution is -2.28. The van der Waals surface area contributed by atoms with Crippen LogP contribution in [0.5, 0.6) is 0 Å². The van der Waals surface area contributed by atoms with Gasteiger partial charge in [0.25, 0.3) is 0 Å². The van der Waals surface area contributed by atoms with Crippen LogP contribution in [0.4, 0.5) is 4.79 Å². The fraction of sp³-hybridized carbons (Fsp3) is 0.714. The standard InChI is InChI=1S/C7H10N2O3/c8-6(10)3-1-4-5(2-3)12-7(11)9-4/h3-5H,1-2H2,(H2,8,10)(H,9,11). The predicted octanol–water partition coefficient (Wildman–Crippen LogP) is -0.641. The Kier molecular flexibility index (Phi) is 1.46. The van der Waals surface area contributed by atoms with E-state index in [0.29, 0.717) is 12.8 Å². The molecule has 3 N–H and O–H groups in total. The molecule has 2 rings (SSSR count). The molecule has 1 aliphatic heterocycles. The van der Waals surface area contributed by atoms with Gasteiger partial charge in [0.2, 0.25) is 5.91 Å². The number of rotatable bonds is 1. The second-order valence-corrected chi connectivity index (χ2v) is 3.27. The Morgan fingerprint density at radius 2 is 2.33 bits per heavy atom. The molecule has 2 amide bonds. The summed E-state index contributed by atoms with van der Waals surface area (Å²) < 4.78 is 4.91. The van der Waals surface area contributed by atoms with E-state index in [1.807, 2.05) is 0 Å². The maximum Gasteiger partial charge on any atom is 0.407 e. The Labute approximate surface area is 69.2 Å². The van der Waals surface area contributed by atoms with E-state index in [-0.39, 0.29) is 30.1 Å². The molecule has 3 atom stereocenters. The van der Waals surface area contributed by atoms with Crippen molar-refractivity contribution < 1.29 is 14.3 Å². The van der Waals surface area contributed by atoms with Gasteiger partial charge in [0.1, 0.15) is 6.10 Å². The molecule has 3 unspecified atom stereocenters. The van der Waals surface area contributed by atoms with Crippen LogP contribution in [0.3, 0.4) is 0 Å². The number of fused-ring (bicyclic) bond motifs is 1. The van der Waals surface area contributed by atoms with Crippen LogP contribution in [0.15, 0.2) is 0 Å². The summed E-state index contributed by atoms with van der Waals surface area (Å²) in [6, 6.07) is -0.00463. The summed E-state index contributed by atoms with van der Waals surface area (Å²) in [6.07, 6.45) is 0.660. The average molecular weight is 170 g/mol. The van der Waals surface area contributed by atoms with E-state index in [4.69, 9.17) is 10.5 Å². The highest BCUT2D eigenvalue weighted by Crippen LogP contribution is 2.31. The highest BCUT2D eigenvalue weighted by Gasteiger charge is 2.44. The molecule has 1 saturated heterocycles. The lowest BCUT2D eigenvalue weighted by Gasteiger charge is -2.04. The largest absolute Gasteiger partial charge is 0.444 e. The summed E-state index contributed by atoms with van der Waals surface area (Å²) in [7, 11) is 0. The summed E-state index contributed by atoms with van der Waals surface area (Å²) >= 11 is 0. The van der Waals surface area contributed by atoms with Gasteiger partial charge in [0.15, 0.2) is 0 Å². The highest BCUT2D eigenvalue weighted by molar-refractivity contribution is 5.78. The van der Waals surface area contributed by atoms with Crippen molar-refractivity contribution in [3.8, 4) is 0 Å². The predicted molar refractivity (Wildman–Crippen MR) is 39.1 cm³/mol. The van der Waals surface area contributed by atoms with Gasteiger partial charge in [0, 0.05) is 5.92 Å². The molecule has 66 valence electrons. The van der Waals surface area contributed by atoms with E-state index in [9.17, 15) is 9.59 Å². The topological polar surface area (TPSA) is 81.4 Å². The van der Waals surface area contributed by atoms with E-state index in [0.717, 1.165) is 0 Å². The summed E-state index contributed by atoms with van der Waals surface area (Å²) in [5.41, 5.74) is 5.13. The third-order valence-electron chi connectivity index (χ3n) is 2.47. The number of amides is 2. The van der Waals surface area contributed by atoms with Crippen LogP contribution in [-0.4, -0.2) is 24.1 Å². The molecule has 12 heavy (non-hydrogen) atoms. The number of alkyl carbamates (subject to hydrolysis) is 1. The third-order valence-corrected chi connectivity index (χ3v) is 2.47. The normalized spacial score (nSPS) is 38.7. The zero-order chi connectivity index (χ0) is 8.72. The van der Waals surface area contributed by atoms with E-state index in [2.05, 4.69) is 5.32 Å². The maximum atomic E-state index is 10.8. The first-order chi connectivity index (χ1) is 5.66. The summed E-state index contributed by atoms with van der Waals surface area (Å²) in [6.45, 7) is 0. The second kappa shape index (κ2) is 2.36. The van der Waals surface area contributed by atoms with Gasteiger partial charge >= 0.3 is 6.09 Å². The Bertz CT molecular complexity index is 225. The molecular formula is C7H10N2O3. The van der Waals surface area contributed by atoms with Crippen molar-refractivity contribution >= 4 is 12.0 Å². The Balaban J connectivity index is 2.02. The van der Waals surface area contributed by atoms with Gasteiger partial charge in [-0.15, -0.1) is 0 Å². The minimum absolute atomic E-state index is 0.00463. The van der Waals surface area contributed by atoms with Crippen molar-refractivity contribution in [1.82, 2.24) is 5.32 Å². The number of carbonyl (C=O) groups excluding carboxylic acids is 2.